The first-order valence-corrected chi connectivity index (χ1v) is 8.63. The second-order valence-corrected chi connectivity index (χ2v) is 6.72. The standard InChI is InChI=1S/C17H28N4O/c1-4-18-17(19-9-15-11(2)21-22-12(15)3)20-10-16(13-5-6-13)14-7-8-14/h13-14,16H,4-10H2,1-3H3,(H2,18,19,20). The van der Waals surface area contributed by atoms with Crippen molar-refractivity contribution in [2.75, 3.05) is 13.1 Å². The zero-order valence-corrected chi connectivity index (χ0v) is 14.0. The zero-order valence-electron chi connectivity index (χ0n) is 14.0. The Balaban J connectivity index is 1.57. The van der Waals surface area contributed by atoms with Crippen LogP contribution in [0.2, 0.25) is 0 Å². The highest BCUT2D eigenvalue weighted by molar-refractivity contribution is 5.79. The predicted octanol–water partition coefficient (Wildman–Crippen LogP) is 2.78. The topological polar surface area (TPSA) is 62.5 Å². The maximum atomic E-state index is 5.21. The van der Waals surface area contributed by atoms with Gasteiger partial charge in [0.1, 0.15) is 5.76 Å². The maximum absolute atomic E-state index is 5.21. The Morgan fingerprint density at radius 2 is 1.91 bits per heavy atom. The van der Waals surface area contributed by atoms with Crippen molar-refractivity contribution in [1.82, 2.24) is 15.8 Å². The van der Waals surface area contributed by atoms with Gasteiger partial charge in [0.15, 0.2) is 5.96 Å². The smallest absolute Gasteiger partial charge is 0.191 e. The van der Waals surface area contributed by atoms with Gasteiger partial charge in [-0.3, -0.25) is 0 Å². The van der Waals surface area contributed by atoms with Crippen molar-refractivity contribution in [2.24, 2.45) is 22.7 Å². The number of aryl methyl sites for hydroxylation is 2. The molecule has 0 amide bonds. The summed E-state index contributed by atoms with van der Waals surface area (Å²) in [5, 5.41) is 10.9. The van der Waals surface area contributed by atoms with Crippen LogP contribution >= 0.6 is 0 Å². The fourth-order valence-corrected chi connectivity index (χ4v) is 3.21. The number of aromatic nitrogens is 1. The van der Waals surface area contributed by atoms with Gasteiger partial charge in [-0.1, -0.05) is 5.16 Å². The summed E-state index contributed by atoms with van der Waals surface area (Å²) in [5.41, 5.74) is 2.03. The van der Waals surface area contributed by atoms with E-state index in [9.17, 15) is 0 Å². The highest BCUT2D eigenvalue weighted by Crippen LogP contribution is 2.48. The largest absolute Gasteiger partial charge is 0.361 e. The molecule has 5 heteroatoms. The Morgan fingerprint density at radius 3 is 2.41 bits per heavy atom. The summed E-state index contributed by atoms with van der Waals surface area (Å²) in [6.45, 7) is 8.58. The summed E-state index contributed by atoms with van der Waals surface area (Å²) >= 11 is 0. The van der Waals surface area contributed by atoms with E-state index in [1.54, 1.807) is 0 Å². The van der Waals surface area contributed by atoms with Crippen molar-refractivity contribution in [1.29, 1.82) is 0 Å². The van der Waals surface area contributed by atoms with Gasteiger partial charge < -0.3 is 15.2 Å². The molecule has 2 fully saturated rings. The molecule has 1 aromatic heterocycles. The molecule has 0 atom stereocenters. The lowest BCUT2D eigenvalue weighted by Crippen LogP contribution is -2.40. The van der Waals surface area contributed by atoms with Crippen LogP contribution in [0.5, 0.6) is 0 Å². The minimum Gasteiger partial charge on any atom is -0.361 e. The van der Waals surface area contributed by atoms with Crippen LogP contribution in [0.4, 0.5) is 0 Å². The molecule has 122 valence electrons. The molecule has 5 nitrogen and oxygen atoms in total. The molecule has 2 aliphatic rings. The van der Waals surface area contributed by atoms with Gasteiger partial charge in [0.05, 0.1) is 12.2 Å². The molecule has 0 aliphatic heterocycles. The third-order valence-electron chi connectivity index (χ3n) is 4.88. The van der Waals surface area contributed by atoms with Crippen molar-refractivity contribution in [3.8, 4) is 0 Å². The normalized spacial score (nSPS) is 18.8. The van der Waals surface area contributed by atoms with Gasteiger partial charge in [-0.25, -0.2) is 4.99 Å². The molecule has 0 radical (unpaired) electrons. The fraction of sp³-hybridized carbons (Fsp3) is 0.765. The van der Waals surface area contributed by atoms with Crippen molar-refractivity contribution in [2.45, 2.75) is 53.0 Å². The summed E-state index contributed by atoms with van der Waals surface area (Å²) in [6.07, 6.45) is 5.70. The zero-order chi connectivity index (χ0) is 15.5. The van der Waals surface area contributed by atoms with Crippen molar-refractivity contribution in [3.05, 3.63) is 17.0 Å². The Bertz CT molecular complexity index is 497. The van der Waals surface area contributed by atoms with E-state index in [2.05, 4.69) is 22.7 Å². The molecule has 0 unspecified atom stereocenters. The predicted molar refractivity (Wildman–Crippen MR) is 87.7 cm³/mol. The molecule has 2 aliphatic carbocycles. The van der Waals surface area contributed by atoms with Gasteiger partial charge in [-0.15, -0.1) is 0 Å². The summed E-state index contributed by atoms with van der Waals surface area (Å²) in [7, 11) is 0. The maximum Gasteiger partial charge on any atom is 0.191 e. The van der Waals surface area contributed by atoms with Crippen LogP contribution in [0.1, 0.15) is 49.6 Å². The summed E-state index contributed by atoms with van der Waals surface area (Å²) in [6, 6.07) is 0. The Hall–Kier alpha value is -1.52. The van der Waals surface area contributed by atoms with Crippen LogP contribution in [0.15, 0.2) is 9.52 Å². The second-order valence-electron chi connectivity index (χ2n) is 6.72. The Labute approximate surface area is 132 Å². The first kappa shape index (κ1) is 15.4. The van der Waals surface area contributed by atoms with Crippen LogP contribution in [0.3, 0.4) is 0 Å². The lowest BCUT2D eigenvalue weighted by atomic mass is 9.98. The quantitative estimate of drug-likeness (QED) is 0.600. The molecular formula is C17H28N4O. The van der Waals surface area contributed by atoms with Gasteiger partial charge in [-0.2, -0.15) is 0 Å². The van der Waals surface area contributed by atoms with Gasteiger partial charge in [0, 0.05) is 18.7 Å². The van der Waals surface area contributed by atoms with Crippen molar-refractivity contribution in [3.63, 3.8) is 0 Å². The van der Waals surface area contributed by atoms with Crippen molar-refractivity contribution >= 4 is 5.96 Å². The van der Waals surface area contributed by atoms with E-state index in [-0.39, 0.29) is 0 Å². The highest BCUT2D eigenvalue weighted by Gasteiger charge is 2.41. The SMILES string of the molecule is CCNC(=NCc1c(C)noc1C)NCC(C1CC1)C1CC1. The summed E-state index contributed by atoms with van der Waals surface area (Å²) < 4.78 is 5.21. The van der Waals surface area contributed by atoms with E-state index in [1.807, 2.05) is 13.8 Å². The molecule has 0 spiro atoms. The number of guanidine groups is 1. The molecule has 2 N–H and O–H groups in total. The summed E-state index contributed by atoms with van der Waals surface area (Å²) in [4.78, 5) is 4.70. The molecule has 2 saturated carbocycles. The average Bonchev–Trinajstić information content (AvgIpc) is 3.39. The first-order chi connectivity index (χ1) is 10.7. The minimum atomic E-state index is 0.619. The fourth-order valence-electron chi connectivity index (χ4n) is 3.21. The lowest BCUT2D eigenvalue weighted by Gasteiger charge is -2.18. The van der Waals surface area contributed by atoms with E-state index in [0.29, 0.717) is 6.54 Å². The molecule has 3 rings (SSSR count). The number of hydrogen-bond donors (Lipinski definition) is 2. The molecule has 0 aromatic carbocycles. The molecule has 22 heavy (non-hydrogen) atoms. The van der Waals surface area contributed by atoms with Crippen LogP contribution in [0, 0.1) is 31.6 Å². The van der Waals surface area contributed by atoms with Crippen molar-refractivity contribution < 1.29 is 4.52 Å². The molecule has 1 heterocycles. The van der Waals surface area contributed by atoms with Crippen LogP contribution in [-0.2, 0) is 6.54 Å². The lowest BCUT2D eigenvalue weighted by molar-refractivity contribution is 0.392. The Morgan fingerprint density at radius 1 is 1.23 bits per heavy atom. The average molecular weight is 304 g/mol. The molecular weight excluding hydrogens is 276 g/mol. The second kappa shape index (κ2) is 6.71. The van der Waals surface area contributed by atoms with Crippen LogP contribution in [0.25, 0.3) is 0 Å². The number of rotatable bonds is 7. The van der Waals surface area contributed by atoms with E-state index in [4.69, 9.17) is 9.52 Å². The van der Waals surface area contributed by atoms with Crippen LogP contribution < -0.4 is 10.6 Å². The highest BCUT2D eigenvalue weighted by atomic mass is 16.5. The minimum absolute atomic E-state index is 0.619. The van der Waals surface area contributed by atoms with E-state index >= 15 is 0 Å². The number of aliphatic imine (C=N–C) groups is 1. The third kappa shape index (κ3) is 3.81. The van der Waals surface area contributed by atoms with E-state index < -0.39 is 0 Å². The van der Waals surface area contributed by atoms with Gasteiger partial charge in [0.25, 0.3) is 0 Å². The van der Waals surface area contributed by atoms with Crippen LogP contribution in [-0.4, -0.2) is 24.2 Å². The first-order valence-electron chi connectivity index (χ1n) is 8.63. The molecule has 0 saturated heterocycles. The monoisotopic (exact) mass is 304 g/mol. The molecule has 1 aromatic rings. The number of hydrogen-bond acceptors (Lipinski definition) is 3. The third-order valence-corrected chi connectivity index (χ3v) is 4.88. The van der Waals surface area contributed by atoms with Gasteiger partial charge in [0.2, 0.25) is 0 Å². The van der Waals surface area contributed by atoms with E-state index in [0.717, 1.165) is 53.8 Å². The van der Waals surface area contributed by atoms with Gasteiger partial charge in [-0.05, 0) is 64.2 Å². The number of nitrogens with zero attached hydrogens (tertiary/aromatic N) is 2. The summed E-state index contributed by atoms with van der Waals surface area (Å²) in [5.74, 6) is 4.55. The molecule has 0 bridgehead atoms. The number of nitrogens with one attached hydrogen (secondary N) is 2. The van der Waals surface area contributed by atoms with Gasteiger partial charge >= 0.3 is 0 Å². The Kier molecular flexibility index (Phi) is 4.69. The van der Waals surface area contributed by atoms with E-state index in [1.165, 1.54) is 25.7 Å².